The molecule has 1 amide bonds. The summed E-state index contributed by atoms with van der Waals surface area (Å²) in [6.07, 6.45) is 1.80. The summed E-state index contributed by atoms with van der Waals surface area (Å²) >= 11 is 6.09. The third kappa shape index (κ3) is 4.34. The van der Waals surface area contributed by atoms with Crippen LogP contribution in [-0.4, -0.2) is 29.9 Å². The molecule has 2 aromatic rings. The Morgan fingerprint density at radius 1 is 1.17 bits per heavy atom. The van der Waals surface area contributed by atoms with Crippen molar-refractivity contribution in [1.82, 2.24) is 10.2 Å². The normalized spacial score (nSPS) is 16.1. The van der Waals surface area contributed by atoms with Crippen LogP contribution in [0.4, 0.5) is 4.39 Å². The van der Waals surface area contributed by atoms with Crippen molar-refractivity contribution >= 4 is 17.5 Å². The number of likely N-dealkylation sites (tertiary alicyclic amines) is 1. The Labute approximate surface area is 146 Å². The summed E-state index contributed by atoms with van der Waals surface area (Å²) in [4.78, 5) is 14.5. The summed E-state index contributed by atoms with van der Waals surface area (Å²) in [5.74, 6) is -0.332. The summed E-state index contributed by atoms with van der Waals surface area (Å²) < 4.78 is 13.1. The molecule has 0 aromatic heterocycles. The largest absolute Gasteiger partial charge is 0.349 e. The number of amides is 1. The first kappa shape index (κ1) is 16.9. The van der Waals surface area contributed by atoms with Crippen molar-refractivity contribution in [3.05, 3.63) is 70.5 Å². The Bertz CT molecular complexity index is 700. The van der Waals surface area contributed by atoms with E-state index in [9.17, 15) is 9.18 Å². The second kappa shape index (κ2) is 7.77. The Hall–Kier alpha value is -1.91. The topological polar surface area (TPSA) is 32.3 Å². The maximum Gasteiger partial charge on any atom is 0.251 e. The summed E-state index contributed by atoms with van der Waals surface area (Å²) in [5, 5.41) is 3.56. The molecule has 0 spiro atoms. The number of hydrogen-bond acceptors (Lipinski definition) is 2. The number of nitrogens with zero attached hydrogens (tertiary/aromatic N) is 1. The molecule has 1 heterocycles. The number of rotatable bonds is 4. The van der Waals surface area contributed by atoms with E-state index in [-0.39, 0.29) is 17.8 Å². The molecule has 1 fully saturated rings. The lowest BCUT2D eigenvalue weighted by Gasteiger charge is -2.32. The molecule has 3 rings (SSSR count). The highest BCUT2D eigenvalue weighted by atomic mass is 35.5. The van der Waals surface area contributed by atoms with Crippen LogP contribution >= 0.6 is 11.6 Å². The first-order valence-corrected chi connectivity index (χ1v) is 8.52. The Kier molecular flexibility index (Phi) is 5.48. The van der Waals surface area contributed by atoms with Crippen LogP contribution in [0.5, 0.6) is 0 Å². The van der Waals surface area contributed by atoms with Crippen molar-refractivity contribution in [1.29, 1.82) is 0 Å². The Morgan fingerprint density at radius 2 is 1.88 bits per heavy atom. The molecule has 0 radical (unpaired) electrons. The lowest BCUT2D eigenvalue weighted by molar-refractivity contribution is 0.0909. The molecule has 1 aliphatic heterocycles. The molecule has 0 saturated carbocycles. The molecular formula is C19H20ClFN2O. The highest BCUT2D eigenvalue weighted by Gasteiger charge is 2.21. The van der Waals surface area contributed by atoms with Gasteiger partial charge in [-0.3, -0.25) is 9.69 Å². The smallest absolute Gasteiger partial charge is 0.251 e. The lowest BCUT2D eigenvalue weighted by Crippen LogP contribution is -2.44. The predicted molar refractivity (Wildman–Crippen MR) is 93.6 cm³/mol. The van der Waals surface area contributed by atoms with E-state index in [0.29, 0.717) is 17.1 Å². The van der Waals surface area contributed by atoms with Gasteiger partial charge >= 0.3 is 0 Å². The maximum absolute atomic E-state index is 13.1. The predicted octanol–water partition coefficient (Wildman–Crippen LogP) is 3.87. The van der Waals surface area contributed by atoms with Crippen LogP contribution in [0.2, 0.25) is 5.02 Å². The average molecular weight is 347 g/mol. The molecule has 0 aliphatic carbocycles. The standard InChI is InChI=1S/C19H20ClFN2O/c20-18-12-16(21)7-6-15(18)13-23-10-8-17(9-11-23)22-19(24)14-4-2-1-3-5-14/h1-7,12,17H,8-11,13H2,(H,22,24). The van der Waals surface area contributed by atoms with Crippen molar-refractivity contribution in [3.8, 4) is 0 Å². The first-order chi connectivity index (χ1) is 11.6. The number of piperidine rings is 1. The Balaban J connectivity index is 1.50. The SMILES string of the molecule is O=C(NC1CCN(Cc2ccc(F)cc2Cl)CC1)c1ccccc1. The van der Waals surface area contributed by atoms with Crippen LogP contribution < -0.4 is 5.32 Å². The molecule has 1 aliphatic rings. The van der Waals surface area contributed by atoms with E-state index < -0.39 is 0 Å². The van der Waals surface area contributed by atoms with Gasteiger partial charge in [0, 0.05) is 36.3 Å². The van der Waals surface area contributed by atoms with Crippen molar-refractivity contribution in [2.24, 2.45) is 0 Å². The number of carbonyl (C=O) groups excluding carboxylic acids is 1. The minimum atomic E-state index is -0.314. The summed E-state index contributed by atoms with van der Waals surface area (Å²) in [6.45, 7) is 2.47. The van der Waals surface area contributed by atoms with Crippen molar-refractivity contribution in [2.75, 3.05) is 13.1 Å². The third-order valence-corrected chi connectivity index (χ3v) is 4.72. The number of hydrogen-bond donors (Lipinski definition) is 1. The van der Waals surface area contributed by atoms with Gasteiger partial charge in [0.05, 0.1) is 0 Å². The van der Waals surface area contributed by atoms with Crippen LogP contribution in [0.1, 0.15) is 28.8 Å². The molecule has 0 bridgehead atoms. The fourth-order valence-electron chi connectivity index (χ4n) is 2.98. The van der Waals surface area contributed by atoms with E-state index >= 15 is 0 Å². The fourth-order valence-corrected chi connectivity index (χ4v) is 3.21. The minimum absolute atomic E-state index is 0.0179. The second-order valence-corrected chi connectivity index (χ2v) is 6.53. The number of halogens is 2. The van der Waals surface area contributed by atoms with Gasteiger partial charge in [-0.25, -0.2) is 4.39 Å². The Morgan fingerprint density at radius 3 is 2.54 bits per heavy atom. The van der Waals surface area contributed by atoms with Gasteiger partial charge in [-0.05, 0) is 42.7 Å². The zero-order valence-corrected chi connectivity index (χ0v) is 14.1. The van der Waals surface area contributed by atoms with Crippen molar-refractivity contribution in [2.45, 2.75) is 25.4 Å². The van der Waals surface area contributed by atoms with E-state index in [1.807, 2.05) is 30.3 Å². The van der Waals surface area contributed by atoms with E-state index in [1.165, 1.54) is 12.1 Å². The molecule has 126 valence electrons. The number of carbonyl (C=O) groups is 1. The minimum Gasteiger partial charge on any atom is -0.349 e. The van der Waals surface area contributed by atoms with Gasteiger partial charge in [-0.15, -0.1) is 0 Å². The molecule has 2 aromatic carbocycles. The third-order valence-electron chi connectivity index (χ3n) is 4.37. The zero-order chi connectivity index (χ0) is 16.9. The maximum atomic E-state index is 13.1. The molecule has 0 atom stereocenters. The quantitative estimate of drug-likeness (QED) is 0.911. The van der Waals surface area contributed by atoms with E-state index in [1.54, 1.807) is 6.07 Å². The highest BCUT2D eigenvalue weighted by molar-refractivity contribution is 6.31. The molecule has 1 N–H and O–H groups in total. The summed E-state index contributed by atoms with van der Waals surface area (Å²) in [5.41, 5.74) is 1.63. The monoisotopic (exact) mass is 346 g/mol. The number of nitrogens with one attached hydrogen (secondary N) is 1. The molecular weight excluding hydrogens is 327 g/mol. The molecule has 0 unspecified atom stereocenters. The highest BCUT2D eigenvalue weighted by Crippen LogP contribution is 2.21. The van der Waals surface area contributed by atoms with E-state index in [4.69, 9.17) is 11.6 Å². The summed E-state index contributed by atoms with van der Waals surface area (Å²) in [6, 6.07) is 14.0. The van der Waals surface area contributed by atoms with Gasteiger partial charge in [0.15, 0.2) is 0 Å². The van der Waals surface area contributed by atoms with Crippen molar-refractivity contribution < 1.29 is 9.18 Å². The van der Waals surface area contributed by atoms with Crippen LogP contribution in [-0.2, 0) is 6.54 Å². The van der Waals surface area contributed by atoms with Gasteiger partial charge in [-0.1, -0.05) is 35.9 Å². The fraction of sp³-hybridized carbons (Fsp3) is 0.316. The zero-order valence-electron chi connectivity index (χ0n) is 13.3. The lowest BCUT2D eigenvalue weighted by atomic mass is 10.0. The molecule has 1 saturated heterocycles. The van der Waals surface area contributed by atoms with Gasteiger partial charge in [0.1, 0.15) is 5.82 Å². The van der Waals surface area contributed by atoms with Gasteiger partial charge in [-0.2, -0.15) is 0 Å². The van der Waals surface area contributed by atoms with Gasteiger partial charge < -0.3 is 5.32 Å². The van der Waals surface area contributed by atoms with Gasteiger partial charge in [0.2, 0.25) is 0 Å². The van der Waals surface area contributed by atoms with Crippen LogP contribution in [0, 0.1) is 5.82 Å². The molecule has 24 heavy (non-hydrogen) atoms. The number of benzene rings is 2. The average Bonchev–Trinajstić information content (AvgIpc) is 2.60. The summed E-state index contributed by atoms with van der Waals surface area (Å²) in [7, 11) is 0. The van der Waals surface area contributed by atoms with Crippen LogP contribution in [0.15, 0.2) is 48.5 Å². The van der Waals surface area contributed by atoms with Gasteiger partial charge in [0.25, 0.3) is 5.91 Å². The van der Waals surface area contributed by atoms with E-state index in [2.05, 4.69) is 10.2 Å². The van der Waals surface area contributed by atoms with Crippen LogP contribution in [0.25, 0.3) is 0 Å². The van der Waals surface area contributed by atoms with E-state index in [0.717, 1.165) is 31.5 Å². The van der Waals surface area contributed by atoms with Crippen molar-refractivity contribution in [3.63, 3.8) is 0 Å². The first-order valence-electron chi connectivity index (χ1n) is 8.14. The second-order valence-electron chi connectivity index (χ2n) is 6.13. The molecule has 3 nitrogen and oxygen atoms in total. The molecule has 5 heteroatoms. The van der Waals surface area contributed by atoms with Crippen LogP contribution in [0.3, 0.4) is 0 Å².